The number of aromatic nitrogens is 1. The van der Waals surface area contributed by atoms with Crippen molar-refractivity contribution >= 4 is 45.2 Å². The van der Waals surface area contributed by atoms with Crippen LogP contribution in [0, 0.1) is 23.7 Å². The molecule has 1 saturated heterocycles. The van der Waals surface area contributed by atoms with Gasteiger partial charge in [0.1, 0.15) is 0 Å². The predicted octanol–water partition coefficient (Wildman–Crippen LogP) is -1.74. The first-order valence-electron chi connectivity index (χ1n) is 8.84. The summed E-state index contributed by atoms with van der Waals surface area (Å²) in [5.41, 5.74) is 1.18. The monoisotopic (exact) mass is 436 g/mol. The zero-order valence-corrected chi connectivity index (χ0v) is 19.8. The smallest absolute Gasteiger partial charge is 0.543 e. The molecule has 144 valence electrons. The summed E-state index contributed by atoms with van der Waals surface area (Å²) in [6.45, 7) is 3.38. The Bertz CT molecular complexity index is 1040. The summed E-state index contributed by atoms with van der Waals surface area (Å²) in [6, 6.07) is 7.51. The quantitative estimate of drug-likeness (QED) is 0.265. The van der Waals surface area contributed by atoms with E-state index in [1.54, 1.807) is 18.3 Å². The van der Waals surface area contributed by atoms with Gasteiger partial charge in [-0.05, 0) is 19.1 Å². The van der Waals surface area contributed by atoms with Crippen molar-refractivity contribution in [3.8, 4) is 11.8 Å². The molecular formula is C20H17N2NaO4S2. The predicted molar refractivity (Wildman–Crippen MR) is 105 cm³/mol. The molecule has 0 bridgehead atoms. The minimum atomic E-state index is -1.41. The number of fused-ring (bicyclic) bond motifs is 2. The van der Waals surface area contributed by atoms with Gasteiger partial charge in [-0.15, -0.1) is 11.3 Å². The molecule has 2 aliphatic rings. The number of carboxylic acid groups (broad SMARTS) is 1. The fourth-order valence-corrected chi connectivity index (χ4v) is 5.67. The van der Waals surface area contributed by atoms with Gasteiger partial charge in [0.2, 0.25) is 5.91 Å². The van der Waals surface area contributed by atoms with Crippen LogP contribution in [0.3, 0.4) is 0 Å². The number of rotatable bonds is 4. The molecule has 1 aromatic heterocycles. The number of thiazole rings is 1. The van der Waals surface area contributed by atoms with Gasteiger partial charge in [0, 0.05) is 11.5 Å². The minimum absolute atomic E-state index is 0. The van der Waals surface area contributed by atoms with E-state index < -0.39 is 18.0 Å². The van der Waals surface area contributed by atoms with Crippen LogP contribution >= 0.6 is 23.1 Å². The number of benzene rings is 1. The van der Waals surface area contributed by atoms with Crippen LogP contribution in [0.25, 0.3) is 10.2 Å². The molecular weight excluding hydrogens is 419 g/mol. The Morgan fingerprint density at radius 1 is 1.45 bits per heavy atom. The third-order valence-electron chi connectivity index (χ3n) is 5.13. The molecule has 6 nitrogen and oxygen atoms in total. The van der Waals surface area contributed by atoms with Gasteiger partial charge in [0.25, 0.3) is 0 Å². The van der Waals surface area contributed by atoms with Gasteiger partial charge in [0.05, 0.1) is 45.7 Å². The average molecular weight is 436 g/mol. The second-order valence-electron chi connectivity index (χ2n) is 6.84. The van der Waals surface area contributed by atoms with E-state index >= 15 is 0 Å². The van der Waals surface area contributed by atoms with Gasteiger partial charge in [-0.25, -0.2) is 4.98 Å². The van der Waals surface area contributed by atoms with Crippen LogP contribution in [-0.4, -0.2) is 44.8 Å². The number of carbonyl (C=O) groups is 2. The number of hydrogen-bond acceptors (Lipinski definition) is 7. The van der Waals surface area contributed by atoms with Crippen molar-refractivity contribution < 1.29 is 49.4 Å². The van der Waals surface area contributed by atoms with Crippen LogP contribution in [0.4, 0.5) is 0 Å². The first-order valence-corrected chi connectivity index (χ1v) is 10.6. The number of aliphatic carboxylic acids is 1. The number of carboxylic acids is 1. The zero-order chi connectivity index (χ0) is 20.0. The van der Waals surface area contributed by atoms with Crippen LogP contribution in [0.2, 0.25) is 0 Å². The molecule has 29 heavy (non-hydrogen) atoms. The van der Waals surface area contributed by atoms with Crippen molar-refractivity contribution in [2.75, 3.05) is 5.75 Å². The number of para-hydroxylation sites is 1. The third kappa shape index (κ3) is 3.88. The summed E-state index contributed by atoms with van der Waals surface area (Å²) < 4.78 is 2.01. The van der Waals surface area contributed by atoms with E-state index in [0.29, 0.717) is 11.3 Å². The maximum absolute atomic E-state index is 12.3. The average Bonchev–Trinajstić information content (AvgIpc) is 3.15. The van der Waals surface area contributed by atoms with Crippen LogP contribution < -0.4 is 34.7 Å². The summed E-state index contributed by atoms with van der Waals surface area (Å²) in [5, 5.41) is 21.5. The first-order chi connectivity index (χ1) is 13.4. The minimum Gasteiger partial charge on any atom is -0.543 e. The van der Waals surface area contributed by atoms with Crippen molar-refractivity contribution in [3.63, 3.8) is 0 Å². The number of hydrogen-bond donors (Lipinski definition) is 1. The molecule has 4 rings (SSSR count). The maximum atomic E-state index is 12.3. The summed E-state index contributed by atoms with van der Waals surface area (Å²) in [4.78, 5) is 29.6. The second kappa shape index (κ2) is 8.80. The molecule has 0 spiro atoms. The molecule has 9 heteroatoms. The van der Waals surface area contributed by atoms with Crippen molar-refractivity contribution in [1.82, 2.24) is 9.88 Å². The van der Waals surface area contributed by atoms with Gasteiger partial charge >= 0.3 is 29.6 Å². The Hall–Kier alpha value is -1.34. The van der Waals surface area contributed by atoms with E-state index in [0.717, 1.165) is 14.6 Å². The number of carbonyl (C=O) groups excluding carboxylic acids is 2. The summed E-state index contributed by atoms with van der Waals surface area (Å²) in [5.74, 6) is 3.74. The Morgan fingerprint density at radius 2 is 2.17 bits per heavy atom. The topological polar surface area (TPSA) is 93.6 Å². The molecule has 0 saturated carbocycles. The van der Waals surface area contributed by atoms with E-state index in [4.69, 9.17) is 0 Å². The first kappa shape index (κ1) is 22.3. The Labute approximate surface area is 198 Å². The van der Waals surface area contributed by atoms with Crippen LogP contribution in [0.1, 0.15) is 13.8 Å². The van der Waals surface area contributed by atoms with Gasteiger partial charge in [-0.1, -0.05) is 42.7 Å². The van der Waals surface area contributed by atoms with Crippen molar-refractivity contribution in [2.45, 2.75) is 30.3 Å². The molecule has 3 heterocycles. The van der Waals surface area contributed by atoms with E-state index in [9.17, 15) is 19.8 Å². The normalized spacial score (nSPS) is 23.8. The maximum Gasteiger partial charge on any atom is 1.00 e. The SMILES string of the molecule is C[C@@H](O)[C@H]1C(=O)N2C(C(=O)[O-])=C(C#CCSc3nc4ccccc4s3)[C@H](C)[C@H]12.[Na+]. The molecule has 0 aliphatic carbocycles. The van der Waals surface area contributed by atoms with Crippen LogP contribution in [-0.2, 0) is 9.59 Å². The van der Waals surface area contributed by atoms with Gasteiger partial charge in [-0.3, -0.25) is 4.79 Å². The standard InChI is InChI=1S/C20H18N2O4S2.Na/c1-10-12(17(19(25)26)22-16(10)15(11(2)23)18(22)24)6-5-9-27-20-21-13-7-3-4-8-14(13)28-20;/h3-4,7-8,10-11,15-16,23H,9H2,1-2H3,(H,25,26);/q;+1/p-1/t10-,11+,15+,16+;/m0./s1. The Morgan fingerprint density at radius 3 is 2.83 bits per heavy atom. The van der Waals surface area contributed by atoms with Crippen LogP contribution in [0.15, 0.2) is 39.9 Å². The van der Waals surface area contributed by atoms with E-state index in [2.05, 4.69) is 16.8 Å². The molecule has 1 N–H and O–H groups in total. The molecule has 1 aromatic carbocycles. The van der Waals surface area contributed by atoms with E-state index in [-0.39, 0.29) is 53.1 Å². The molecule has 0 radical (unpaired) electrons. The summed E-state index contributed by atoms with van der Waals surface area (Å²) in [6.07, 6.45) is -0.832. The third-order valence-corrected chi connectivity index (χ3v) is 7.19. The zero-order valence-electron chi connectivity index (χ0n) is 16.2. The number of β-lactam (4-membered cyclic amide) rings is 1. The van der Waals surface area contributed by atoms with E-state index in [1.165, 1.54) is 16.7 Å². The molecule has 2 aromatic rings. The molecule has 4 atom stereocenters. The van der Waals surface area contributed by atoms with Gasteiger partial charge in [-0.2, -0.15) is 0 Å². The molecule has 2 aliphatic heterocycles. The largest absolute Gasteiger partial charge is 1.00 e. The molecule has 0 unspecified atom stereocenters. The number of nitrogens with zero attached hydrogens (tertiary/aromatic N) is 2. The fourth-order valence-electron chi connectivity index (χ4n) is 3.86. The Balaban J connectivity index is 0.00000240. The number of thioether (sulfide) groups is 1. The van der Waals surface area contributed by atoms with Crippen LogP contribution in [0.5, 0.6) is 0 Å². The van der Waals surface area contributed by atoms with Crippen molar-refractivity contribution in [1.29, 1.82) is 0 Å². The molecule has 1 amide bonds. The Kier molecular flexibility index (Phi) is 6.78. The van der Waals surface area contributed by atoms with Crippen molar-refractivity contribution in [3.05, 3.63) is 35.5 Å². The number of aliphatic hydroxyl groups is 1. The van der Waals surface area contributed by atoms with E-state index in [1.807, 2.05) is 31.2 Å². The summed E-state index contributed by atoms with van der Waals surface area (Å²) in [7, 11) is 0. The van der Waals surface area contributed by atoms with Gasteiger partial charge < -0.3 is 19.9 Å². The second-order valence-corrected chi connectivity index (χ2v) is 9.09. The fraction of sp³-hybridized carbons (Fsp3) is 0.350. The van der Waals surface area contributed by atoms with Gasteiger partial charge in [0.15, 0.2) is 4.34 Å². The van der Waals surface area contributed by atoms with Crippen molar-refractivity contribution in [2.24, 2.45) is 11.8 Å². The number of aliphatic hydroxyl groups excluding tert-OH is 1. The summed E-state index contributed by atoms with van der Waals surface area (Å²) >= 11 is 3.08. The number of amides is 1. The molecule has 1 fully saturated rings.